The van der Waals surface area contributed by atoms with Crippen molar-refractivity contribution >= 4 is 5.69 Å². The summed E-state index contributed by atoms with van der Waals surface area (Å²) >= 11 is 0. The van der Waals surface area contributed by atoms with Gasteiger partial charge in [-0.25, -0.2) is 0 Å². The first-order chi connectivity index (χ1) is 9.76. The van der Waals surface area contributed by atoms with Crippen LogP contribution in [0.5, 0.6) is 0 Å². The number of hydrogen-bond donors (Lipinski definition) is 1. The normalized spacial score (nSPS) is 27.4. The second-order valence-electron chi connectivity index (χ2n) is 6.09. The Kier molecular flexibility index (Phi) is 2.61. The first kappa shape index (κ1) is 12.0. The van der Waals surface area contributed by atoms with E-state index in [2.05, 4.69) is 41.3 Å². The Bertz CT molecular complexity index is 624. The molecule has 2 nitrogen and oxygen atoms in total. The second kappa shape index (κ2) is 4.35. The van der Waals surface area contributed by atoms with Gasteiger partial charge < -0.3 is 10.0 Å². The van der Waals surface area contributed by atoms with Gasteiger partial charge in [-0.15, -0.1) is 0 Å². The molecule has 1 fully saturated rings. The average Bonchev–Trinajstić information content (AvgIpc) is 2.48. The lowest BCUT2D eigenvalue weighted by atomic mass is 9.70. The molecule has 0 aromatic heterocycles. The van der Waals surface area contributed by atoms with Gasteiger partial charge in [-0.1, -0.05) is 48.5 Å². The molecule has 2 aromatic carbocycles. The second-order valence-corrected chi connectivity index (χ2v) is 6.09. The predicted octanol–water partition coefficient (Wildman–Crippen LogP) is 2.97. The molecular weight excluding hydrogens is 246 g/mol. The first-order valence-corrected chi connectivity index (χ1v) is 7.36. The molecule has 5 rings (SSSR count). The summed E-state index contributed by atoms with van der Waals surface area (Å²) in [6.07, 6.45) is 1.80. The lowest BCUT2D eigenvalue weighted by molar-refractivity contribution is -0.000929. The van der Waals surface area contributed by atoms with Crippen LogP contribution in [-0.4, -0.2) is 23.8 Å². The monoisotopic (exact) mass is 265 g/mol. The molecule has 3 heterocycles. The van der Waals surface area contributed by atoms with Crippen molar-refractivity contribution in [3.8, 4) is 0 Å². The molecule has 1 N–H and O–H groups in total. The van der Waals surface area contributed by atoms with E-state index in [1.807, 2.05) is 18.2 Å². The lowest BCUT2D eigenvalue weighted by Crippen LogP contribution is -2.58. The maximum atomic E-state index is 11.2. The number of nitrogens with zero attached hydrogens (tertiary/aromatic N) is 1. The van der Waals surface area contributed by atoms with Crippen LogP contribution in [0, 0.1) is 0 Å². The van der Waals surface area contributed by atoms with Crippen molar-refractivity contribution in [2.75, 3.05) is 18.0 Å². The van der Waals surface area contributed by atoms with Gasteiger partial charge in [0.2, 0.25) is 0 Å². The summed E-state index contributed by atoms with van der Waals surface area (Å²) in [6.45, 7) is 1.82. The van der Waals surface area contributed by atoms with Crippen molar-refractivity contribution in [2.24, 2.45) is 0 Å². The Morgan fingerprint density at radius 3 is 2.65 bits per heavy atom. The van der Waals surface area contributed by atoms with Gasteiger partial charge in [0.05, 0.1) is 5.60 Å². The van der Waals surface area contributed by atoms with E-state index in [4.69, 9.17) is 0 Å². The molecule has 3 aliphatic heterocycles. The zero-order chi connectivity index (χ0) is 13.6. The molecule has 2 aromatic rings. The highest BCUT2D eigenvalue weighted by molar-refractivity contribution is 5.61. The fourth-order valence-corrected chi connectivity index (χ4v) is 3.92. The third kappa shape index (κ3) is 1.75. The van der Waals surface area contributed by atoms with Crippen LogP contribution in [0.3, 0.4) is 0 Å². The number of hydrogen-bond acceptors (Lipinski definition) is 2. The molecule has 102 valence electrons. The van der Waals surface area contributed by atoms with Crippen LogP contribution in [0.25, 0.3) is 0 Å². The van der Waals surface area contributed by atoms with Crippen LogP contribution in [0.2, 0.25) is 0 Å². The molecule has 2 atom stereocenters. The van der Waals surface area contributed by atoms with Crippen molar-refractivity contribution in [3.05, 3.63) is 65.7 Å². The lowest BCUT2D eigenvalue weighted by Gasteiger charge is -2.52. The number of benzene rings is 2. The number of anilines is 1. The van der Waals surface area contributed by atoms with E-state index in [1.165, 1.54) is 16.8 Å². The Hall–Kier alpha value is -1.80. The summed E-state index contributed by atoms with van der Waals surface area (Å²) in [4.78, 5) is 2.35. The zero-order valence-corrected chi connectivity index (χ0v) is 11.5. The number of piperidine rings is 1. The maximum Gasteiger partial charge on any atom is 0.0931 e. The first-order valence-electron chi connectivity index (χ1n) is 7.36. The zero-order valence-electron chi connectivity index (χ0n) is 11.5. The van der Waals surface area contributed by atoms with E-state index in [-0.39, 0.29) is 5.92 Å². The molecule has 0 radical (unpaired) electrons. The number of rotatable bonds is 2. The van der Waals surface area contributed by atoms with Crippen molar-refractivity contribution in [1.29, 1.82) is 0 Å². The highest BCUT2D eigenvalue weighted by atomic mass is 16.3. The summed E-state index contributed by atoms with van der Waals surface area (Å²) < 4.78 is 0. The van der Waals surface area contributed by atoms with Crippen molar-refractivity contribution in [1.82, 2.24) is 0 Å². The standard InChI is InChI=1S/C18H19NO/c20-18(12-14-6-2-1-3-7-14)13-19-11-10-16(18)15-8-4-5-9-17(15)19/h1-9,16,20H,10-13H2/t16-,18+/m1/s1. The smallest absolute Gasteiger partial charge is 0.0931 e. The molecule has 1 saturated heterocycles. The van der Waals surface area contributed by atoms with Crippen LogP contribution in [0.4, 0.5) is 5.69 Å². The highest BCUT2D eigenvalue weighted by Gasteiger charge is 2.47. The SMILES string of the molecule is O[C@@]1(Cc2ccccc2)CN2CC[C@@H]1c1ccccc12. The quantitative estimate of drug-likeness (QED) is 0.902. The van der Waals surface area contributed by atoms with Gasteiger partial charge in [0.25, 0.3) is 0 Å². The Morgan fingerprint density at radius 1 is 1.05 bits per heavy atom. The van der Waals surface area contributed by atoms with Crippen LogP contribution in [0.1, 0.15) is 23.5 Å². The molecule has 2 heteroatoms. The summed E-state index contributed by atoms with van der Waals surface area (Å²) in [6, 6.07) is 18.9. The summed E-state index contributed by atoms with van der Waals surface area (Å²) in [7, 11) is 0. The van der Waals surface area contributed by atoms with Crippen molar-refractivity contribution in [3.63, 3.8) is 0 Å². The highest BCUT2D eigenvalue weighted by Crippen LogP contribution is 2.48. The summed E-state index contributed by atoms with van der Waals surface area (Å²) in [5.74, 6) is 0.268. The van der Waals surface area contributed by atoms with Crippen molar-refractivity contribution in [2.45, 2.75) is 24.4 Å². The van der Waals surface area contributed by atoms with E-state index >= 15 is 0 Å². The molecule has 20 heavy (non-hydrogen) atoms. The third-order valence-corrected chi connectivity index (χ3v) is 4.81. The number of fused-ring (bicyclic) bond motifs is 2. The minimum Gasteiger partial charge on any atom is -0.387 e. The van der Waals surface area contributed by atoms with Crippen LogP contribution in [-0.2, 0) is 6.42 Å². The van der Waals surface area contributed by atoms with Gasteiger partial charge in [-0.2, -0.15) is 0 Å². The molecule has 0 saturated carbocycles. The van der Waals surface area contributed by atoms with Crippen LogP contribution in [0.15, 0.2) is 54.6 Å². The topological polar surface area (TPSA) is 23.5 Å². The van der Waals surface area contributed by atoms with Gasteiger partial charge in [0.15, 0.2) is 0 Å². The van der Waals surface area contributed by atoms with Crippen LogP contribution >= 0.6 is 0 Å². The minimum atomic E-state index is -0.631. The minimum absolute atomic E-state index is 0.268. The van der Waals surface area contributed by atoms with Gasteiger partial charge in [-0.05, 0) is 23.6 Å². The molecule has 3 aliphatic rings. The molecule has 0 unspecified atom stereocenters. The van der Waals surface area contributed by atoms with E-state index in [1.54, 1.807) is 0 Å². The van der Waals surface area contributed by atoms with Gasteiger partial charge in [0, 0.05) is 31.1 Å². The maximum absolute atomic E-state index is 11.2. The van der Waals surface area contributed by atoms with E-state index in [0.717, 1.165) is 25.9 Å². The summed E-state index contributed by atoms with van der Waals surface area (Å²) in [5.41, 5.74) is 3.24. The van der Waals surface area contributed by atoms with Gasteiger partial charge >= 0.3 is 0 Å². The Labute approximate surface area is 119 Å². The van der Waals surface area contributed by atoms with Gasteiger partial charge in [0.1, 0.15) is 0 Å². The third-order valence-electron chi connectivity index (χ3n) is 4.81. The molecule has 2 bridgehead atoms. The fraction of sp³-hybridized carbons (Fsp3) is 0.333. The van der Waals surface area contributed by atoms with E-state index in [9.17, 15) is 5.11 Å². The largest absolute Gasteiger partial charge is 0.387 e. The summed E-state index contributed by atoms with van der Waals surface area (Å²) in [5, 5.41) is 11.2. The number of aliphatic hydroxyl groups is 1. The molecule has 0 spiro atoms. The van der Waals surface area contributed by atoms with E-state index in [0.29, 0.717) is 0 Å². The van der Waals surface area contributed by atoms with E-state index < -0.39 is 5.60 Å². The van der Waals surface area contributed by atoms with Crippen molar-refractivity contribution < 1.29 is 5.11 Å². The molecule has 0 amide bonds. The Balaban J connectivity index is 1.72. The fourth-order valence-electron chi connectivity index (χ4n) is 3.92. The number of para-hydroxylation sites is 1. The molecule has 0 aliphatic carbocycles. The van der Waals surface area contributed by atoms with Crippen LogP contribution < -0.4 is 4.90 Å². The Morgan fingerprint density at radius 2 is 1.80 bits per heavy atom. The average molecular weight is 265 g/mol. The predicted molar refractivity (Wildman–Crippen MR) is 81.1 cm³/mol. The van der Waals surface area contributed by atoms with Gasteiger partial charge in [-0.3, -0.25) is 0 Å². The molecular formula is C18H19NO.